The Hall–Kier alpha value is -7.79. The average molecular weight is 794 g/mol. The lowest BCUT2D eigenvalue weighted by atomic mass is 9.92. The molecule has 0 aliphatic rings. The first-order chi connectivity index (χ1) is 30.2. The predicted octanol–water partition coefficient (Wildman–Crippen LogP) is 11.4. The molecule has 1 aromatic heterocycles. The Bertz CT molecular complexity index is 3170. The van der Waals surface area contributed by atoms with Gasteiger partial charge in [-0.1, -0.05) is 231 Å². The second-order valence-corrected chi connectivity index (χ2v) is 19.3. The molecule has 3 nitrogen and oxygen atoms in total. The molecule has 4 heteroatoms. The van der Waals surface area contributed by atoms with Crippen molar-refractivity contribution in [3.8, 4) is 45.3 Å². The summed E-state index contributed by atoms with van der Waals surface area (Å²) >= 11 is 0. The zero-order chi connectivity index (χ0) is 40.6. The Kier molecular flexibility index (Phi) is 9.18. The second kappa shape index (κ2) is 15.4. The van der Waals surface area contributed by atoms with Gasteiger partial charge < -0.3 is 0 Å². The quantitative estimate of drug-likeness (QED) is 0.0874. The largest absolute Gasteiger partial charge is 0.208 e. The molecule has 0 aliphatic carbocycles. The summed E-state index contributed by atoms with van der Waals surface area (Å²) in [6.07, 6.45) is 0. The van der Waals surface area contributed by atoms with Crippen LogP contribution in [0.2, 0.25) is 0 Å². The highest BCUT2D eigenvalue weighted by molar-refractivity contribution is 7.20. The van der Waals surface area contributed by atoms with Crippen molar-refractivity contribution in [1.82, 2.24) is 15.0 Å². The van der Waals surface area contributed by atoms with Gasteiger partial charge in [0.25, 0.3) is 0 Å². The van der Waals surface area contributed by atoms with Crippen LogP contribution in [-0.2, 0) is 0 Å². The summed E-state index contributed by atoms with van der Waals surface area (Å²) in [7, 11) is -2.73. The van der Waals surface area contributed by atoms with E-state index < -0.39 is 8.07 Å². The van der Waals surface area contributed by atoms with Gasteiger partial charge in [0, 0.05) is 16.7 Å². The van der Waals surface area contributed by atoms with Crippen molar-refractivity contribution in [1.29, 1.82) is 0 Å². The number of hydrogen-bond acceptors (Lipinski definition) is 3. The molecule has 0 aliphatic heterocycles. The summed E-state index contributed by atoms with van der Waals surface area (Å²) < 4.78 is 0. The maximum atomic E-state index is 4.97. The molecular formula is C57H39N3Si. The van der Waals surface area contributed by atoms with E-state index >= 15 is 0 Å². The summed E-state index contributed by atoms with van der Waals surface area (Å²) in [5.74, 6) is 1.95. The molecule has 0 bridgehead atoms. The van der Waals surface area contributed by atoms with E-state index in [1.54, 1.807) is 0 Å². The first kappa shape index (κ1) is 36.3. The van der Waals surface area contributed by atoms with E-state index in [2.05, 4.69) is 176 Å². The monoisotopic (exact) mass is 793 g/mol. The molecule has 286 valence electrons. The van der Waals surface area contributed by atoms with Crippen molar-refractivity contribution >= 4 is 61.1 Å². The standard InChI is InChI=1S/C57H39N3Si/c1-6-18-41(19-7-1)55-58-56(42-20-8-2-9-21-42)60-57(59-55)43-32-30-40(31-33-43)44-34-36-51-49-28-16-17-29-50(49)54-39-48(35-37-52(54)53(51)38-44)61(45-22-10-3-11-23-45,46-24-12-4-13-25-46)47-26-14-5-15-27-47/h1-39H. The van der Waals surface area contributed by atoms with Gasteiger partial charge in [0.05, 0.1) is 0 Å². The van der Waals surface area contributed by atoms with Crippen LogP contribution in [0.3, 0.4) is 0 Å². The third-order valence-electron chi connectivity index (χ3n) is 12.1. The van der Waals surface area contributed by atoms with Gasteiger partial charge in [0.15, 0.2) is 25.5 Å². The Morgan fingerprint density at radius 3 is 1.03 bits per heavy atom. The maximum Gasteiger partial charge on any atom is 0.179 e. The van der Waals surface area contributed by atoms with Gasteiger partial charge in [-0.05, 0) is 70.3 Å². The van der Waals surface area contributed by atoms with Gasteiger partial charge >= 0.3 is 0 Å². The van der Waals surface area contributed by atoms with Gasteiger partial charge in [-0.25, -0.2) is 15.0 Å². The van der Waals surface area contributed by atoms with E-state index in [-0.39, 0.29) is 0 Å². The molecule has 1 heterocycles. The van der Waals surface area contributed by atoms with Crippen molar-refractivity contribution < 1.29 is 0 Å². The van der Waals surface area contributed by atoms with Crippen LogP contribution in [0, 0.1) is 0 Å². The highest BCUT2D eigenvalue weighted by Gasteiger charge is 2.41. The second-order valence-electron chi connectivity index (χ2n) is 15.5. The van der Waals surface area contributed by atoms with Crippen LogP contribution in [0.25, 0.3) is 77.6 Å². The number of fused-ring (bicyclic) bond motifs is 6. The molecule has 0 saturated heterocycles. The summed E-state index contributed by atoms with van der Waals surface area (Å²) in [4.78, 5) is 14.8. The lowest BCUT2D eigenvalue weighted by Crippen LogP contribution is -2.74. The first-order valence-electron chi connectivity index (χ1n) is 20.8. The van der Waals surface area contributed by atoms with Crippen molar-refractivity contribution in [3.05, 3.63) is 237 Å². The van der Waals surface area contributed by atoms with E-state index in [0.29, 0.717) is 17.5 Å². The fourth-order valence-electron chi connectivity index (χ4n) is 9.18. The third kappa shape index (κ3) is 6.42. The molecule has 0 unspecified atom stereocenters. The van der Waals surface area contributed by atoms with Gasteiger partial charge in [0.1, 0.15) is 0 Å². The number of aromatic nitrogens is 3. The lowest BCUT2D eigenvalue weighted by molar-refractivity contribution is 1.07. The number of hydrogen-bond donors (Lipinski definition) is 0. The van der Waals surface area contributed by atoms with Crippen molar-refractivity contribution in [3.63, 3.8) is 0 Å². The van der Waals surface area contributed by atoms with E-state index in [4.69, 9.17) is 15.0 Å². The minimum absolute atomic E-state index is 0.646. The van der Waals surface area contributed by atoms with Gasteiger partial charge in [0.2, 0.25) is 0 Å². The Labute approximate surface area is 356 Å². The minimum Gasteiger partial charge on any atom is -0.208 e. The van der Waals surface area contributed by atoms with E-state index in [9.17, 15) is 0 Å². The van der Waals surface area contributed by atoms with Gasteiger partial charge in [-0.2, -0.15) is 0 Å². The Morgan fingerprint density at radius 1 is 0.213 bits per heavy atom. The molecular weight excluding hydrogens is 755 g/mol. The lowest BCUT2D eigenvalue weighted by Gasteiger charge is -2.34. The zero-order valence-electron chi connectivity index (χ0n) is 33.4. The molecule has 0 fully saturated rings. The van der Waals surface area contributed by atoms with Crippen LogP contribution in [-0.4, -0.2) is 23.0 Å². The summed E-state index contributed by atoms with van der Waals surface area (Å²) in [6.45, 7) is 0. The Morgan fingerprint density at radius 2 is 0.541 bits per heavy atom. The molecule has 11 rings (SSSR count). The van der Waals surface area contributed by atoms with Crippen molar-refractivity contribution in [2.24, 2.45) is 0 Å². The van der Waals surface area contributed by atoms with E-state index in [1.807, 2.05) is 60.7 Å². The fourth-order valence-corrected chi connectivity index (χ4v) is 14.0. The molecule has 0 spiro atoms. The SMILES string of the molecule is c1ccc(-c2nc(-c3ccccc3)nc(-c3ccc(-c4ccc5c6ccccc6c6cc([Si](c7ccccc7)(c7ccccc7)c7ccccc7)ccc6c5c4)cc3)n2)cc1. The predicted molar refractivity (Wildman–Crippen MR) is 258 cm³/mol. The minimum atomic E-state index is -2.73. The van der Waals surface area contributed by atoms with Crippen LogP contribution >= 0.6 is 0 Å². The van der Waals surface area contributed by atoms with E-state index in [1.165, 1.54) is 53.1 Å². The maximum absolute atomic E-state index is 4.97. The summed E-state index contributed by atoms with van der Waals surface area (Å²) in [5.41, 5.74) is 5.14. The molecule has 11 aromatic rings. The zero-order valence-corrected chi connectivity index (χ0v) is 34.4. The van der Waals surface area contributed by atoms with Crippen molar-refractivity contribution in [2.75, 3.05) is 0 Å². The highest BCUT2D eigenvalue weighted by atomic mass is 28.3. The van der Waals surface area contributed by atoms with Gasteiger partial charge in [-0.3, -0.25) is 0 Å². The molecule has 61 heavy (non-hydrogen) atoms. The summed E-state index contributed by atoms with van der Waals surface area (Å²) in [6, 6.07) is 85.5. The number of benzene rings is 10. The van der Waals surface area contributed by atoms with Crippen LogP contribution in [0.5, 0.6) is 0 Å². The molecule has 0 saturated carbocycles. The smallest absolute Gasteiger partial charge is 0.179 e. The Balaban J connectivity index is 1.06. The van der Waals surface area contributed by atoms with Crippen LogP contribution < -0.4 is 20.7 Å². The third-order valence-corrected chi connectivity index (χ3v) is 16.8. The van der Waals surface area contributed by atoms with Crippen molar-refractivity contribution in [2.45, 2.75) is 0 Å². The average Bonchev–Trinajstić information content (AvgIpc) is 3.35. The van der Waals surface area contributed by atoms with Crippen LogP contribution in [0.15, 0.2) is 237 Å². The van der Waals surface area contributed by atoms with Crippen LogP contribution in [0.4, 0.5) is 0 Å². The van der Waals surface area contributed by atoms with Crippen LogP contribution in [0.1, 0.15) is 0 Å². The highest BCUT2D eigenvalue weighted by Crippen LogP contribution is 2.37. The molecule has 0 N–H and O–H groups in total. The molecule has 10 aromatic carbocycles. The normalized spacial score (nSPS) is 11.6. The molecule has 0 amide bonds. The first-order valence-corrected chi connectivity index (χ1v) is 22.8. The molecule has 0 atom stereocenters. The topological polar surface area (TPSA) is 38.7 Å². The van der Waals surface area contributed by atoms with Gasteiger partial charge in [-0.15, -0.1) is 0 Å². The fraction of sp³-hybridized carbons (Fsp3) is 0. The van der Waals surface area contributed by atoms with E-state index in [0.717, 1.165) is 27.8 Å². The summed E-state index contributed by atoms with van der Waals surface area (Å²) in [5, 5.41) is 13.0. The number of rotatable bonds is 8. The molecule has 0 radical (unpaired) electrons. The number of nitrogens with zero attached hydrogens (tertiary/aromatic N) is 3.